The second-order valence-corrected chi connectivity index (χ2v) is 2.92. The minimum atomic E-state index is 0.945. The first-order valence-corrected chi connectivity index (χ1v) is 4.98. The van der Waals surface area contributed by atoms with E-state index in [0.717, 1.165) is 11.3 Å². The molecule has 0 bridgehead atoms. The highest BCUT2D eigenvalue weighted by atomic mass is 14.8. The lowest BCUT2D eigenvalue weighted by Gasteiger charge is -2.08. The summed E-state index contributed by atoms with van der Waals surface area (Å²) in [4.78, 5) is 0. The summed E-state index contributed by atoms with van der Waals surface area (Å²) in [7, 11) is 1.87. The standard InChI is InChI=1S/C10H14N2.C2H6/c1-7-4-9(6-11)10(12-3)5-8(7)2;1-2/h4-6,11-12H,1-3H3;1-2H3. The molecule has 0 aliphatic rings. The van der Waals surface area contributed by atoms with Crippen molar-refractivity contribution in [3.8, 4) is 0 Å². The van der Waals surface area contributed by atoms with Crippen LogP contribution >= 0.6 is 0 Å². The second-order valence-electron chi connectivity index (χ2n) is 2.92. The lowest BCUT2D eigenvalue weighted by atomic mass is 10.0. The van der Waals surface area contributed by atoms with Crippen LogP contribution in [0.3, 0.4) is 0 Å². The van der Waals surface area contributed by atoms with Gasteiger partial charge in [-0.1, -0.05) is 13.8 Å². The van der Waals surface area contributed by atoms with Gasteiger partial charge in [-0.25, -0.2) is 0 Å². The first-order valence-electron chi connectivity index (χ1n) is 4.98. The molecule has 0 unspecified atom stereocenters. The van der Waals surface area contributed by atoms with Crippen LogP contribution in [0.25, 0.3) is 0 Å². The van der Waals surface area contributed by atoms with E-state index >= 15 is 0 Å². The van der Waals surface area contributed by atoms with Gasteiger partial charge in [-0.15, -0.1) is 0 Å². The summed E-state index contributed by atoms with van der Waals surface area (Å²) in [6.45, 7) is 8.13. The van der Waals surface area contributed by atoms with Gasteiger partial charge in [0.15, 0.2) is 0 Å². The lowest BCUT2D eigenvalue weighted by Crippen LogP contribution is -1.96. The second kappa shape index (κ2) is 6.19. The number of aryl methyl sites for hydroxylation is 2. The summed E-state index contributed by atoms with van der Waals surface area (Å²) in [5, 5.41) is 10.3. The molecule has 2 heteroatoms. The van der Waals surface area contributed by atoms with Gasteiger partial charge in [0, 0.05) is 24.5 Å². The summed E-state index contributed by atoms with van der Waals surface area (Å²) in [6.07, 6.45) is 1.37. The van der Waals surface area contributed by atoms with E-state index in [9.17, 15) is 0 Å². The van der Waals surface area contributed by atoms with E-state index in [1.165, 1.54) is 17.3 Å². The smallest absolute Gasteiger partial charge is 0.0429 e. The van der Waals surface area contributed by atoms with Gasteiger partial charge in [0.1, 0.15) is 0 Å². The van der Waals surface area contributed by atoms with E-state index < -0.39 is 0 Å². The van der Waals surface area contributed by atoms with E-state index in [2.05, 4.69) is 25.2 Å². The molecule has 0 atom stereocenters. The minimum Gasteiger partial charge on any atom is -0.388 e. The summed E-state index contributed by atoms with van der Waals surface area (Å²) in [5.41, 5.74) is 4.45. The van der Waals surface area contributed by atoms with Crippen molar-refractivity contribution in [2.75, 3.05) is 12.4 Å². The summed E-state index contributed by atoms with van der Waals surface area (Å²) in [6, 6.07) is 4.09. The maximum Gasteiger partial charge on any atom is 0.0429 e. The molecule has 0 aliphatic heterocycles. The maximum atomic E-state index is 7.19. The molecule has 0 saturated carbocycles. The molecule has 0 fully saturated rings. The summed E-state index contributed by atoms with van der Waals surface area (Å²) in [5.74, 6) is 0. The molecule has 0 aliphatic carbocycles. The molecule has 0 spiro atoms. The van der Waals surface area contributed by atoms with Crippen molar-refractivity contribution in [3.05, 3.63) is 28.8 Å². The van der Waals surface area contributed by atoms with Crippen molar-refractivity contribution in [1.29, 1.82) is 5.41 Å². The molecule has 2 nitrogen and oxygen atoms in total. The van der Waals surface area contributed by atoms with Crippen LogP contribution in [0.2, 0.25) is 0 Å². The minimum absolute atomic E-state index is 0.945. The summed E-state index contributed by atoms with van der Waals surface area (Å²) < 4.78 is 0. The highest BCUT2D eigenvalue weighted by molar-refractivity contribution is 5.86. The van der Waals surface area contributed by atoms with Crippen molar-refractivity contribution < 1.29 is 0 Å². The Morgan fingerprint density at radius 1 is 1.14 bits per heavy atom. The van der Waals surface area contributed by atoms with E-state index in [1.54, 1.807) is 0 Å². The van der Waals surface area contributed by atoms with Crippen LogP contribution < -0.4 is 5.32 Å². The third-order valence-corrected chi connectivity index (χ3v) is 2.09. The molecule has 14 heavy (non-hydrogen) atoms. The zero-order valence-corrected chi connectivity index (χ0v) is 9.73. The van der Waals surface area contributed by atoms with Gasteiger partial charge in [-0.05, 0) is 37.1 Å². The van der Waals surface area contributed by atoms with Crippen LogP contribution in [0, 0.1) is 19.3 Å². The number of nitrogens with one attached hydrogen (secondary N) is 2. The zero-order chi connectivity index (χ0) is 11.1. The van der Waals surface area contributed by atoms with Gasteiger partial charge in [-0.2, -0.15) is 0 Å². The van der Waals surface area contributed by atoms with Gasteiger partial charge in [-0.3, -0.25) is 0 Å². The van der Waals surface area contributed by atoms with Gasteiger partial charge >= 0.3 is 0 Å². The van der Waals surface area contributed by atoms with Crippen LogP contribution in [0.15, 0.2) is 12.1 Å². The Morgan fingerprint density at radius 3 is 2.07 bits per heavy atom. The third-order valence-electron chi connectivity index (χ3n) is 2.09. The normalized spacial score (nSPS) is 8.64. The molecule has 1 aromatic carbocycles. The Labute approximate surface area is 86.9 Å². The fourth-order valence-electron chi connectivity index (χ4n) is 1.17. The number of rotatable bonds is 2. The quantitative estimate of drug-likeness (QED) is 0.692. The Hall–Kier alpha value is -1.31. The highest BCUT2D eigenvalue weighted by Gasteiger charge is 2.00. The van der Waals surface area contributed by atoms with Crippen molar-refractivity contribution in [2.24, 2.45) is 0 Å². The van der Waals surface area contributed by atoms with Gasteiger partial charge in [0.2, 0.25) is 0 Å². The molecule has 0 radical (unpaired) electrons. The van der Waals surface area contributed by atoms with E-state index in [-0.39, 0.29) is 0 Å². The number of benzene rings is 1. The van der Waals surface area contributed by atoms with Gasteiger partial charge < -0.3 is 10.7 Å². The van der Waals surface area contributed by atoms with Crippen LogP contribution in [0.1, 0.15) is 30.5 Å². The maximum absolute atomic E-state index is 7.19. The van der Waals surface area contributed by atoms with Crippen LogP contribution in [-0.2, 0) is 0 Å². The molecule has 0 heterocycles. The highest BCUT2D eigenvalue weighted by Crippen LogP contribution is 2.18. The number of anilines is 1. The number of hydrogen-bond donors (Lipinski definition) is 2. The average Bonchev–Trinajstić information content (AvgIpc) is 2.24. The van der Waals surface area contributed by atoms with Crippen LogP contribution in [0.4, 0.5) is 5.69 Å². The molecule has 0 saturated heterocycles. The zero-order valence-electron chi connectivity index (χ0n) is 9.73. The Kier molecular flexibility index (Phi) is 5.61. The van der Waals surface area contributed by atoms with E-state index in [1.807, 2.05) is 27.0 Å². The Balaban J connectivity index is 0.000000791. The largest absolute Gasteiger partial charge is 0.388 e. The molecule has 78 valence electrons. The Bertz CT molecular complexity index is 303. The van der Waals surface area contributed by atoms with Crippen LogP contribution in [0.5, 0.6) is 0 Å². The number of hydrogen-bond acceptors (Lipinski definition) is 2. The van der Waals surface area contributed by atoms with Crippen molar-refractivity contribution >= 4 is 11.9 Å². The van der Waals surface area contributed by atoms with Crippen molar-refractivity contribution in [3.63, 3.8) is 0 Å². The molecule has 0 aromatic heterocycles. The van der Waals surface area contributed by atoms with Crippen molar-refractivity contribution in [1.82, 2.24) is 0 Å². The Morgan fingerprint density at radius 2 is 1.64 bits per heavy atom. The third kappa shape index (κ3) is 2.87. The lowest BCUT2D eigenvalue weighted by molar-refractivity contribution is 1.32. The monoisotopic (exact) mass is 192 g/mol. The average molecular weight is 192 g/mol. The van der Waals surface area contributed by atoms with Crippen LogP contribution in [-0.4, -0.2) is 13.3 Å². The topological polar surface area (TPSA) is 35.9 Å². The molecule has 1 rings (SSSR count). The molecule has 1 aromatic rings. The van der Waals surface area contributed by atoms with Gasteiger partial charge in [0.05, 0.1) is 0 Å². The molecule has 0 amide bonds. The van der Waals surface area contributed by atoms with Gasteiger partial charge in [0.25, 0.3) is 0 Å². The fourth-order valence-corrected chi connectivity index (χ4v) is 1.17. The van der Waals surface area contributed by atoms with E-state index in [4.69, 9.17) is 5.41 Å². The molecular formula is C12H20N2. The first-order chi connectivity index (χ1) is 6.69. The van der Waals surface area contributed by atoms with Crippen molar-refractivity contribution in [2.45, 2.75) is 27.7 Å². The fraction of sp³-hybridized carbons (Fsp3) is 0.417. The summed E-state index contributed by atoms with van der Waals surface area (Å²) >= 11 is 0. The predicted molar refractivity (Wildman–Crippen MR) is 64.7 cm³/mol. The first kappa shape index (κ1) is 12.7. The molecular weight excluding hydrogens is 172 g/mol. The SMILES string of the molecule is CC.CNc1cc(C)c(C)cc1C=N. The molecule has 2 N–H and O–H groups in total. The predicted octanol–water partition coefficient (Wildman–Crippen LogP) is 3.37. The van der Waals surface area contributed by atoms with E-state index in [0.29, 0.717) is 0 Å².